The van der Waals surface area contributed by atoms with Crippen molar-refractivity contribution in [3.05, 3.63) is 59.9 Å². The number of hydrogen-bond donors (Lipinski definition) is 1. The lowest BCUT2D eigenvalue weighted by Crippen LogP contribution is -2.29. The normalized spacial score (nSPS) is 15.0. The number of nitrogens with zero attached hydrogens (tertiary/aromatic N) is 1. The lowest BCUT2D eigenvalue weighted by atomic mass is 10.1. The summed E-state index contributed by atoms with van der Waals surface area (Å²) in [6.07, 6.45) is 0.478. The molecule has 0 spiro atoms. The van der Waals surface area contributed by atoms with Crippen molar-refractivity contribution in [3.63, 3.8) is 0 Å². The lowest BCUT2D eigenvalue weighted by molar-refractivity contribution is -0.115. The van der Waals surface area contributed by atoms with Gasteiger partial charge in [0.2, 0.25) is 5.91 Å². The molecule has 6 heteroatoms. The Morgan fingerprint density at radius 2 is 2.04 bits per heavy atom. The van der Waals surface area contributed by atoms with Gasteiger partial charge in [-0.25, -0.2) is 0 Å². The van der Waals surface area contributed by atoms with Gasteiger partial charge in [-0.15, -0.1) is 11.8 Å². The molecule has 1 aliphatic heterocycles. The van der Waals surface area contributed by atoms with Gasteiger partial charge in [0.15, 0.2) is 0 Å². The van der Waals surface area contributed by atoms with Gasteiger partial charge in [0, 0.05) is 35.1 Å². The predicted molar refractivity (Wildman–Crippen MR) is 107 cm³/mol. The molecule has 0 saturated carbocycles. The Bertz CT molecular complexity index is 994. The topological polar surface area (TPSA) is 62.6 Å². The minimum Gasteiger partial charge on any atom is -0.459 e. The van der Waals surface area contributed by atoms with E-state index < -0.39 is 0 Å². The van der Waals surface area contributed by atoms with E-state index in [1.165, 1.54) is 0 Å². The van der Waals surface area contributed by atoms with Crippen LogP contribution in [0.25, 0.3) is 11.0 Å². The number of furan rings is 1. The van der Waals surface area contributed by atoms with Crippen molar-refractivity contribution < 1.29 is 14.0 Å². The van der Waals surface area contributed by atoms with Crippen LogP contribution in [0.5, 0.6) is 0 Å². The van der Waals surface area contributed by atoms with E-state index in [0.717, 1.165) is 27.4 Å². The summed E-state index contributed by atoms with van der Waals surface area (Å²) in [5.74, 6) is 1.35. The van der Waals surface area contributed by atoms with Crippen molar-refractivity contribution in [1.29, 1.82) is 0 Å². The molecule has 0 radical (unpaired) electrons. The second-order valence-corrected chi connectivity index (χ2v) is 7.77. The fourth-order valence-corrected chi connectivity index (χ4v) is 4.07. The van der Waals surface area contributed by atoms with Crippen LogP contribution >= 0.6 is 11.8 Å². The smallest absolute Gasteiger partial charge is 0.254 e. The van der Waals surface area contributed by atoms with Gasteiger partial charge in [0.1, 0.15) is 11.3 Å². The summed E-state index contributed by atoms with van der Waals surface area (Å²) in [5.41, 5.74) is 2.06. The van der Waals surface area contributed by atoms with Crippen molar-refractivity contribution in [3.8, 4) is 0 Å². The molecule has 2 amide bonds. The standard InChI is InChI=1S/C21H20N2O3S/c1-13(18-12-14-5-3-4-6-17(14)26-18)23(2)21(25)15-7-8-19-16(11-15)22-20(24)9-10-27-19/h3-8,11-13H,9-10H2,1-2H3,(H,22,24). The molecular weight excluding hydrogens is 360 g/mol. The van der Waals surface area contributed by atoms with E-state index in [1.807, 2.05) is 49.4 Å². The number of para-hydroxylation sites is 1. The third-order valence-electron chi connectivity index (χ3n) is 4.84. The Morgan fingerprint density at radius 1 is 1.22 bits per heavy atom. The third-order valence-corrected chi connectivity index (χ3v) is 5.92. The molecule has 138 valence electrons. The highest BCUT2D eigenvalue weighted by Crippen LogP contribution is 2.33. The molecule has 1 unspecified atom stereocenters. The van der Waals surface area contributed by atoms with Gasteiger partial charge in [0.05, 0.1) is 11.7 Å². The molecule has 3 aromatic rings. The van der Waals surface area contributed by atoms with Crippen LogP contribution in [-0.4, -0.2) is 29.5 Å². The van der Waals surface area contributed by atoms with E-state index in [0.29, 0.717) is 17.7 Å². The van der Waals surface area contributed by atoms with E-state index in [-0.39, 0.29) is 17.9 Å². The average molecular weight is 380 g/mol. The summed E-state index contributed by atoms with van der Waals surface area (Å²) in [4.78, 5) is 27.4. The summed E-state index contributed by atoms with van der Waals surface area (Å²) < 4.78 is 5.90. The Labute approximate surface area is 161 Å². The molecule has 1 N–H and O–H groups in total. The number of carbonyl (C=O) groups excluding carboxylic acids is 2. The average Bonchev–Trinajstić information content (AvgIpc) is 3.02. The summed E-state index contributed by atoms with van der Waals surface area (Å²) in [6.45, 7) is 1.94. The van der Waals surface area contributed by atoms with Crippen molar-refractivity contribution in [2.75, 3.05) is 18.1 Å². The second kappa shape index (κ2) is 7.12. The fraction of sp³-hybridized carbons (Fsp3) is 0.238. The van der Waals surface area contributed by atoms with Crippen LogP contribution < -0.4 is 5.32 Å². The van der Waals surface area contributed by atoms with Crippen molar-refractivity contribution in [1.82, 2.24) is 4.90 Å². The highest BCUT2D eigenvalue weighted by Gasteiger charge is 2.23. The number of nitrogens with one attached hydrogen (secondary N) is 1. The number of anilines is 1. The largest absolute Gasteiger partial charge is 0.459 e. The first-order valence-electron chi connectivity index (χ1n) is 8.85. The summed E-state index contributed by atoms with van der Waals surface area (Å²) in [7, 11) is 1.76. The minimum atomic E-state index is -0.215. The van der Waals surface area contributed by atoms with Gasteiger partial charge in [0.25, 0.3) is 5.91 Å². The number of rotatable bonds is 3. The van der Waals surface area contributed by atoms with Crippen molar-refractivity contribution in [2.24, 2.45) is 0 Å². The van der Waals surface area contributed by atoms with E-state index in [9.17, 15) is 9.59 Å². The molecule has 1 aromatic heterocycles. The molecule has 5 nitrogen and oxygen atoms in total. The van der Waals surface area contributed by atoms with Crippen molar-refractivity contribution in [2.45, 2.75) is 24.3 Å². The molecule has 0 bridgehead atoms. The first kappa shape index (κ1) is 17.7. The zero-order valence-electron chi connectivity index (χ0n) is 15.2. The molecule has 27 heavy (non-hydrogen) atoms. The van der Waals surface area contributed by atoms with Gasteiger partial charge < -0.3 is 14.6 Å². The summed E-state index contributed by atoms with van der Waals surface area (Å²) >= 11 is 1.62. The minimum absolute atomic E-state index is 0.0187. The maximum atomic E-state index is 13.0. The number of hydrogen-bond acceptors (Lipinski definition) is 4. The molecule has 2 heterocycles. The highest BCUT2D eigenvalue weighted by molar-refractivity contribution is 7.99. The predicted octanol–water partition coefficient (Wildman–Crippen LogP) is 4.70. The first-order chi connectivity index (χ1) is 13.0. The Hall–Kier alpha value is -2.73. The Kier molecular flexibility index (Phi) is 4.66. The second-order valence-electron chi connectivity index (χ2n) is 6.64. The number of benzene rings is 2. The van der Waals surface area contributed by atoms with Crippen LogP contribution in [0.3, 0.4) is 0 Å². The maximum Gasteiger partial charge on any atom is 0.254 e. The molecular formula is C21H20N2O3S. The number of fused-ring (bicyclic) bond motifs is 2. The lowest BCUT2D eigenvalue weighted by Gasteiger charge is -2.23. The Morgan fingerprint density at radius 3 is 2.85 bits per heavy atom. The third kappa shape index (κ3) is 3.45. The van der Waals surface area contributed by atoms with E-state index in [4.69, 9.17) is 4.42 Å². The highest BCUT2D eigenvalue weighted by atomic mass is 32.2. The first-order valence-corrected chi connectivity index (χ1v) is 9.84. The number of thioether (sulfide) groups is 1. The zero-order chi connectivity index (χ0) is 19.0. The van der Waals surface area contributed by atoms with E-state index >= 15 is 0 Å². The molecule has 2 aromatic carbocycles. The monoisotopic (exact) mass is 380 g/mol. The van der Waals surface area contributed by atoms with Crippen LogP contribution in [-0.2, 0) is 4.79 Å². The van der Waals surface area contributed by atoms with Crippen molar-refractivity contribution >= 4 is 40.2 Å². The van der Waals surface area contributed by atoms with Gasteiger partial charge in [-0.2, -0.15) is 0 Å². The molecule has 0 saturated heterocycles. The molecule has 4 rings (SSSR count). The summed E-state index contributed by atoms with van der Waals surface area (Å²) in [6, 6.07) is 15.0. The molecule has 1 aliphatic rings. The SMILES string of the molecule is CC(c1cc2ccccc2o1)N(C)C(=O)c1ccc2c(c1)NC(=O)CCS2. The quantitative estimate of drug-likeness (QED) is 0.715. The fourth-order valence-electron chi connectivity index (χ4n) is 3.13. The summed E-state index contributed by atoms with van der Waals surface area (Å²) in [5, 5.41) is 3.90. The number of amides is 2. The molecule has 0 aliphatic carbocycles. The van der Waals surface area contributed by atoms with Crippen LogP contribution in [0, 0.1) is 0 Å². The van der Waals surface area contributed by atoms with Crippen LogP contribution in [0.2, 0.25) is 0 Å². The molecule has 1 atom stereocenters. The van der Waals surface area contributed by atoms with Crippen LogP contribution in [0.15, 0.2) is 57.8 Å². The van der Waals surface area contributed by atoms with Gasteiger partial charge >= 0.3 is 0 Å². The Balaban J connectivity index is 1.59. The van der Waals surface area contributed by atoms with Gasteiger partial charge in [-0.05, 0) is 37.3 Å². The molecule has 0 fully saturated rings. The maximum absolute atomic E-state index is 13.0. The van der Waals surface area contributed by atoms with Crippen LogP contribution in [0.4, 0.5) is 5.69 Å². The van der Waals surface area contributed by atoms with Gasteiger partial charge in [-0.1, -0.05) is 18.2 Å². The van der Waals surface area contributed by atoms with Gasteiger partial charge in [-0.3, -0.25) is 9.59 Å². The van der Waals surface area contributed by atoms with E-state index in [1.54, 1.807) is 29.8 Å². The van der Waals surface area contributed by atoms with Crippen LogP contribution in [0.1, 0.15) is 35.5 Å². The van der Waals surface area contributed by atoms with E-state index in [2.05, 4.69) is 5.32 Å². The number of carbonyl (C=O) groups is 2. The zero-order valence-corrected chi connectivity index (χ0v) is 16.0.